The molecule has 3 nitrogen and oxygen atoms in total. The third-order valence-corrected chi connectivity index (χ3v) is 4.14. The number of likely N-dealkylation sites (tertiary alicyclic amines) is 1. The van der Waals surface area contributed by atoms with E-state index in [2.05, 4.69) is 32.9 Å². The van der Waals surface area contributed by atoms with Crippen LogP contribution in [0.5, 0.6) is 0 Å². The maximum atomic E-state index is 11.7. The Morgan fingerprint density at radius 1 is 1.19 bits per heavy atom. The molecule has 1 N–H and O–H groups in total. The van der Waals surface area contributed by atoms with Crippen molar-refractivity contribution in [1.82, 2.24) is 0 Å². The van der Waals surface area contributed by atoms with Crippen LogP contribution in [0.15, 0.2) is 23.3 Å². The highest BCUT2D eigenvalue weighted by atomic mass is 16.5. The van der Waals surface area contributed by atoms with Gasteiger partial charge in [-0.2, -0.15) is 0 Å². The molecule has 0 unspecified atom stereocenters. The molecule has 0 saturated carbocycles. The van der Waals surface area contributed by atoms with Gasteiger partial charge in [0, 0.05) is 12.8 Å². The van der Waals surface area contributed by atoms with Gasteiger partial charge < -0.3 is 9.64 Å². The number of esters is 1. The Kier molecular flexibility index (Phi) is 8.36. The topological polar surface area (TPSA) is 30.7 Å². The molecule has 120 valence electrons. The van der Waals surface area contributed by atoms with Crippen molar-refractivity contribution < 1.29 is 14.4 Å². The summed E-state index contributed by atoms with van der Waals surface area (Å²) in [7, 11) is 0. The molecule has 0 aliphatic carbocycles. The van der Waals surface area contributed by atoms with E-state index in [1.54, 1.807) is 4.90 Å². The highest BCUT2D eigenvalue weighted by molar-refractivity contribution is 5.72. The van der Waals surface area contributed by atoms with E-state index >= 15 is 0 Å². The summed E-state index contributed by atoms with van der Waals surface area (Å²) >= 11 is 0. The first-order valence-electron chi connectivity index (χ1n) is 8.32. The second-order valence-corrected chi connectivity index (χ2v) is 6.35. The van der Waals surface area contributed by atoms with Gasteiger partial charge in [0.15, 0.2) is 0 Å². The normalized spacial score (nSPS) is 22.8. The highest BCUT2D eigenvalue weighted by Gasteiger charge is 2.27. The molecule has 0 amide bonds. The number of allylic oxidation sites excluding steroid dienone is 3. The molecular weight excluding hydrogens is 262 g/mol. The molecule has 1 rings (SSSR count). The summed E-state index contributed by atoms with van der Waals surface area (Å²) in [5.74, 6) is 0.140. The average Bonchev–Trinajstić information content (AvgIpc) is 2.45. The second-order valence-electron chi connectivity index (χ2n) is 6.35. The van der Waals surface area contributed by atoms with Crippen molar-refractivity contribution in [3.05, 3.63) is 23.3 Å². The van der Waals surface area contributed by atoms with Crippen molar-refractivity contribution in [2.45, 2.75) is 53.4 Å². The van der Waals surface area contributed by atoms with Crippen molar-refractivity contribution in [2.24, 2.45) is 5.92 Å². The third-order valence-electron chi connectivity index (χ3n) is 4.14. The first-order chi connectivity index (χ1) is 10.0. The Bertz CT molecular complexity index is 373. The number of piperidine rings is 1. The van der Waals surface area contributed by atoms with E-state index in [0.29, 0.717) is 6.61 Å². The van der Waals surface area contributed by atoms with E-state index < -0.39 is 0 Å². The Balaban J connectivity index is 2.26. The number of ether oxygens (including phenoxy) is 1. The van der Waals surface area contributed by atoms with Crippen LogP contribution in [0.4, 0.5) is 0 Å². The third kappa shape index (κ3) is 7.47. The molecule has 1 aliphatic heterocycles. The lowest BCUT2D eigenvalue weighted by Crippen LogP contribution is -3.13. The fourth-order valence-corrected chi connectivity index (χ4v) is 2.74. The first kappa shape index (κ1) is 18.0. The van der Waals surface area contributed by atoms with Gasteiger partial charge in [-0.15, -0.1) is 0 Å². The molecule has 0 atom stereocenters. The Morgan fingerprint density at radius 2 is 1.86 bits per heavy atom. The minimum Gasteiger partial charge on any atom is -0.466 e. The molecule has 0 aromatic heterocycles. The van der Waals surface area contributed by atoms with Gasteiger partial charge in [-0.25, -0.2) is 0 Å². The number of hydrogen-bond acceptors (Lipinski definition) is 2. The van der Waals surface area contributed by atoms with E-state index in [-0.39, 0.29) is 11.9 Å². The van der Waals surface area contributed by atoms with Crippen LogP contribution < -0.4 is 4.90 Å². The lowest BCUT2D eigenvalue weighted by atomic mass is 9.97. The molecule has 21 heavy (non-hydrogen) atoms. The number of carbonyl (C=O) groups is 1. The van der Waals surface area contributed by atoms with Crippen LogP contribution in [0.3, 0.4) is 0 Å². The Morgan fingerprint density at radius 3 is 2.43 bits per heavy atom. The van der Waals surface area contributed by atoms with E-state index in [1.165, 1.54) is 11.1 Å². The van der Waals surface area contributed by atoms with Gasteiger partial charge in [0.25, 0.3) is 0 Å². The number of quaternary nitrogens is 1. The molecule has 0 aromatic rings. The maximum Gasteiger partial charge on any atom is 0.309 e. The van der Waals surface area contributed by atoms with Crippen LogP contribution in [-0.4, -0.2) is 32.2 Å². The van der Waals surface area contributed by atoms with E-state index in [0.717, 1.165) is 45.3 Å². The average molecular weight is 294 g/mol. The van der Waals surface area contributed by atoms with Gasteiger partial charge in [-0.3, -0.25) is 4.79 Å². The summed E-state index contributed by atoms with van der Waals surface area (Å²) < 4.78 is 5.11. The molecular formula is C18H32NO2+. The summed E-state index contributed by atoms with van der Waals surface area (Å²) in [5, 5.41) is 0. The quantitative estimate of drug-likeness (QED) is 0.578. The molecule has 3 heteroatoms. The van der Waals surface area contributed by atoms with Crippen LogP contribution in [0.1, 0.15) is 53.4 Å². The lowest BCUT2D eigenvalue weighted by molar-refractivity contribution is -0.900. The Labute approximate surface area is 130 Å². The summed E-state index contributed by atoms with van der Waals surface area (Å²) in [6, 6.07) is 0. The van der Waals surface area contributed by atoms with Crippen LogP contribution >= 0.6 is 0 Å². The molecule has 1 heterocycles. The summed E-state index contributed by atoms with van der Waals surface area (Å²) in [6.45, 7) is 12.2. The van der Waals surface area contributed by atoms with Gasteiger partial charge in [0.05, 0.1) is 32.2 Å². The van der Waals surface area contributed by atoms with Crippen LogP contribution in [0, 0.1) is 5.92 Å². The van der Waals surface area contributed by atoms with Crippen molar-refractivity contribution in [3.8, 4) is 0 Å². The maximum absolute atomic E-state index is 11.7. The van der Waals surface area contributed by atoms with Crippen LogP contribution in [-0.2, 0) is 9.53 Å². The lowest BCUT2D eigenvalue weighted by Gasteiger charge is -2.27. The largest absolute Gasteiger partial charge is 0.466 e. The number of rotatable bonds is 7. The van der Waals surface area contributed by atoms with Crippen molar-refractivity contribution >= 4 is 5.97 Å². The van der Waals surface area contributed by atoms with Gasteiger partial charge >= 0.3 is 5.97 Å². The number of hydrogen-bond donors (Lipinski definition) is 1. The Hall–Kier alpha value is -1.09. The molecule has 0 bridgehead atoms. The smallest absolute Gasteiger partial charge is 0.309 e. The zero-order valence-corrected chi connectivity index (χ0v) is 14.2. The minimum absolute atomic E-state index is 0.00463. The summed E-state index contributed by atoms with van der Waals surface area (Å²) in [5.41, 5.74) is 2.88. The van der Waals surface area contributed by atoms with Crippen LogP contribution in [0.25, 0.3) is 0 Å². The zero-order valence-electron chi connectivity index (χ0n) is 14.2. The van der Waals surface area contributed by atoms with Crippen LogP contribution in [0.2, 0.25) is 0 Å². The predicted octanol–water partition coefficient (Wildman–Crippen LogP) is 2.54. The van der Waals surface area contributed by atoms with Gasteiger partial charge in [-0.1, -0.05) is 17.2 Å². The molecule has 0 spiro atoms. The zero-order chi connectivity index (χ0) is 15.7. The fraction of sp³-hybridized carbons (Fsp3) is 0.722. The summed E-state index contributed by atoms with van der Waals surface area (Å²) in [4.78, 5) is 13.3. The molecule has 1 saturated heterocycles. The van der Waals surface area contributed by atoms with E-state index in [1.807, 2.05) is 6.92 Å². The van der Waals surface area contributed by atoms with Gasteiger partial charge in [0.1, 0.15) is 0 Å². The van der Waals surface area contributed by atoms with Crippen molar-refractivity contribution in [1.29, 1.82) is 0 Å². The van der Waals surface area contributed by atoms with Gasteiger partial charge in [-0.05, 0) is 46.6 Å². The fourth-order valence-electron chi connectivity index (χ4n) is 2.74. The van der Waals surface area contributed by atoms with Crippen molar-refractivity contribution in [2.75, 3.05) is 26.2 Å². The molecule has 1 aliphatic rings. The number of carbonyl (C=O) groups excluding carboxylic acids is 1. The van der Waals surface area contributed by atoms with E-state index in [9.17, 15) is 4.79 Å². The predicted molar refractivity (Wildman–Crippen MR) is 87.3 cm³/mol. The molecule has 1 fully saturated rings. The SMILES string of the molecule is CCOC(=O)C1CC[NH+](C/C=C(\C)CCC=C(C)C)CC1. The summed E-state index contributed by atoms with van der Waals surface area (Å²) in [6.07, 6.45) is 8.92. The number of nitrogens with one attached hydrogen (secondary N) is 1. The minimum atomic E-state index is 0.00463. The first-order valence-corrected chi connectivity index (χ1v) is 8.32. The molecule has 0 radical (unpaired) electrons. The standard InChI is InChI=1S/C18H31NO2/c1-5-21-18(20)17-10-13-19(14-11-17)12-9-16(4)8-6-7-15(2)3/h7,9,17H,5-6,8,10-14H2,1-4H3/p+1/b16-9+. The second kappa shape index (κ2) is 9.78. The van der Waals surface area contributed by atoms with E-state index in [4.69, 9.17) is 4.74 Å². The monoisotopic (exact) mass is 294 g/mol. The van der Waals surface area contributed by atoms with Crippen molar-refractivity contribution in [3.63, 3.8) is 0 Å². The van der Waals surface area contributed by atoms with Gasteiger partial charge in [0.2, 0.25) is 0 Å². The molecule has 0 aromatic carbocycles. The highest BCUT2D eigenvalue weighted by Crippen LogP contribution is 2.11.